The second kappa shape index (κ2) is 2.78. The van der Waals surface area contributed by atoms with Gasteiger partial charge in [0, 0.05) is 6.08 Å². The Labute approximate surface area is 53.4 Å². The first-order valence-electron chi connectivity index (χ1n) is 2.50. The zero-order chi connectivity index (χ0) is 6.53. The van der Waals surface area contributed by atoms with E-state index < -0.39 is 0 Å². The molecule has 1 aliphatic rings. The van der Waals surface area contributed by atoms with Crippen molar-refractivity contribution in [2.75, 3.05) is 0 Å². The first-order chi connectivity index (χ1) is 4.43. The van der Waals surface area contributed by atoms with Crippen LogP contribution in [-0.4, -0.2) is 5.71 Å². The van der Waals surface area contributed by atoms with E-state index in [4.69, 9.17) is 6.42 Å². The van der Waals surface area contributed by atoms with Gasteiger partial charge in [-0.25, -0.2) is 0 Å². The molecule has 0 saturated heterocycles. The standard InChI is InChI=1S/C6H6N2O/c1-2-3-6-4-5-9-8-7-6/h1,4-5,8H,3H2. The SMILES string of the molecule is C#CCC1=NNOC=C1. The lowest BCUT2D eigenvalue weighted by Crippen LogP contribution is -2.11. The molecule has 3 heteroatoms. The molecule has 0 aromatic rings. The van der Waals surface area contributed by atoms with Crippen LogP contribution < -0.4 is 5.59 Å². The summed E-state index contributed by atoms with van der Waals surface area (Å²) in [5.74, 6) is 2.46. The fourth-order valence-electron chi connectivity index (χ4n) is 0.468. The maximum atomic E-state index is 5.03. The molecule has 0 aromatic heterocycles. The Balaban J connectivity index is 2.50. The molecular weight excluding hydrogens is 116 g/mol. The van der Waals surface area contributed by atoms with Gasteiger partial charge in [-0.3, -0.25) is 0 Å². The van der Waals surface area contributed by atoms with Gasteiger partial charge in [0.2, 0.25) is 0 Å². The highest BCUT2D eigenvalue weighted by Gasteiger charge is 1.94. The largest absolute Gasteiger partial charge is 0.373 e. The number of terminal acetylenes is 1. The van der Waals surface area contributed by atoms with Crippen molar-refractivity contribution < 1.29 is 4.84 Å². The first-order valence-corrected chi connectivity index (χ1v) is 2.50. The number of allylic oxidation sites excluding steroid dienone is 1. The predicted molar refractivity (Wildman–Crippen MR) is 34.2 cm³/mol. The van der Waals surface area contributed by atoms with Crippen LogP contribution in [0.25, 0.3) is 0 Å². The Morgan fingerprint density at radius 2 is 2.78 bits per heavy atom. The lowest BCUT2D eigenvalue weighted by Gasteiger charge is -2.03. The van der Waals surface area contributed by atoms with Gasteiger partial charge in [-0.05, 0) is 0 Å². The van der Waals surface area contributed by atoms with Crippen LogP contribution in [0.1, 0.15) is 6.42 Å². The van der Waals surface area contributed by atoms with Gasteiger partial charge in [-0.1, -0.05) is 0 Å². The molecule has 1 N–H and O–H groups in total. The van der Waals surface area contributed by atoms with Crippen LogP contribution in [-0.2, 0) is 4.84 Å². The Bertz CT molecular complexity index is 188. The third-order valence-corrected chi connectivity index (χ3v) is 0.854. The molecule has 0 aliphatic carbocycles. The fraction of sp³-hybridized carbons (Fsp3) is 0.167. The number of nitrogens with one attached hydrogen (secondary N) is 1. The van der Waals surface area contributed by atoms with Crippen LogP contribution in [0.5, 0.6) is 0 Å². The Kier molecular flexibility index (Phi) is 1.76. The quantitative estimate of drug-likeness (QED) is 0.511. The van der Waals surface area contributed by atoms with E-state index in [1.165, 1.54) is 6.26 Å². The predicted octanol–water partition coefficient (Wildman–Crippen LogP) is 0.414. The van der Waals surface area contributed by atoms with Crippen molar-refractivity contribution in [2.24, 2.45) is 5.10 Å². The zero-order valence-electron chi connectivity index (χ0n) is 4.79. The van der Waals surface area contributed by atoms with Crippen molar-refractivity contribution in [3.8, 4) is 12.3 Å². The third-order valence-electron chi connectivity index (χ3n) is 0.854. The normalized spacial score (nSPS) is 14.8. The summed E-state index contributed by atoms with van der Waals surface area (Å²) in [6, 6.07) is 0. The highest BCUT2D eigenvalue weighted by atomic mass is 16.7. The number of hydrogen-bond acceptors (Lipinski definition) is 3. The summed E-state index contributed by atoms with van der Waals surface area (Å²) >= 11 is 0. The summed E-state index contributed by atoms with van der Waals surface area (Å²) in [5.41, 5.74) is 3.13. The minimum absolute atomic E-state index is 0.535. The molecule has 0 bridgehead atoms. The number of nitrogens with zero attached hydrogens (tertiary/aromatic N) is 1. The summed E-state index contributed by atoms with van der Waals surface area (Å²) in [6.45, 7) is 0. The Morgan fingerprint density at radius 3 is 3.33 bits per heavy atom. The van der Waals surface area contributed by atoms with Crippen LogP contribution in [0.3, 0.4) is 0 Å². The maximum Gasteiger partial charge on any atom is 0.123 e. The molecule has 0 atom stereocenters. The van der Waals surface area contributed by atoms with Gasteiger partial charge in [-0.2, -0.15) is 0 Å². The summed E-state index contributed by atoms with van der Waals surface area (Å²) < 4.78 is 0. The smallest absolute Gasteiger partial charge is 0.123 e. The second-order valence-electron chi connectivity index (χ2n) is 1.50. The van der Waals surface area contributed by atoms with Crippen molar-refractivity contribution in [3.05, 3.63) is 12.3 Å². The fourth-order valence-corrected chi connectivity index (χ4v) is 0.468. The Morgan fingerprint density at radius 1 is 1.89 bits per heavy atom. The van der Waals surface area contributed by atoms with E-state index in [2.05, 4.69) is 21.4 Å². The molecule has 1 rings (SSSR count). The van der Waals surface area contributed by atoms with Crippen molar-refractivity contribution in [2.45, 2.75) is 6.42 Å². The summed E-state index contributed by atoms with van der Waals surface area (Å²) in [4.78, 5) is 4.56. The van der Waals surface area contributed by atoms with Gasteiger partial charge in [0.05, 0.1) is 12.1 Å². The van der Waals surface area contributed by atoms with Gasteiger partial charge in [-0.15, -0.1) is 23.0 Å². The topological polar surface area (TPSA) is 33.6 Å². The monoisotopic (exact) mass is 122 g/mol. The Hall–Kier alpha value is -1.43. The van der Waals surface area contributed by atoms with Crippen LogP contribution >= 0.6 is 0 Å². The lowest BCUT2D eigenvalue weighted by molar-refractivity contribution is 0.135. The van der Waals surface area contributed by atoms with Gasteiger partial charge < -0.3 is 4.84 Å². The van der Waals surface area contributed by atoms with Crippen molar-refractivity contribution in [1.82, 2.24) is 5.59 Å². The van der Waals surface area contributed by atoms with Gasteiger partial charge in [0.1, 0.15) is 6.26 Å². The van der Waals surface area contributed by atoms with Crippen molar-refractivity contribution in [1.29, 1.82) is 0 Å². The van der Waals surface area contributed by atoms with Crippen LogP contribution in [0.4, 0.5) is 0 Å². The minimum Gasteiger partial charge on any atom is -0.373 e. The number of hydrogen-bond donors (Lipinski definition) is 1. The molecule has 0 spiro atoms. The molecule has 0 saturated carbocycles. The summed E-state index contributed by atoms with van der Waals surface area (Å²) in [7, 11) is 0. The molecule has 0 radical (unpaired) electrons. The maximum absolute atomic E-state index is 5.03. The number of rotatable bonds is 1. The van der Waals surface area contributed by atoms with E-state index in [1.807, 2.05) is 0 Å². The van der Waals surface area contributed by atoms with Gasteiger partial charge >= 0.3 is 0 Å². The highest BCUT2D eigenvalue weighted by molar-refractivity contribution is 5.96. The van der Waals surface area contributed by atoms with E-state index in [0.717, 1.165) is 5.71 Å². The molecule has 9 heavy (non-hydrogen) atoms. The molecule has 0 aromatic carbocycles. The van der Waals surface area contributed by atoms with E-state index in [-0.39, 0.29) is 0 Å². The first kappa shape index (κ1) is 5.70. The average molecular weight is 122 g/mol. The molecule has 3 nitrogen and oxygen atoms in total. The average Bonchev–Trinajstić information content (AvgIpc) is 1.91. The van der Waals surface area contributed by atoms with Crippen LogP contribution in [0.2, 0.25) is 0 Å². The van der Waals surface area contributed by atoms with Crippen LogP contribution in [0, 0.1) is 12.3 Å². The molecular formula is C6H6N2O. The molecule has 0 amide bonds. The van der Waals surface area contributed by atoms with E-state index in [0.29, 0.717) is 6.42 Å². The second-order valence-corrected chi connectivity index (χ2v) is 1.50. The van der Waals surface area contributed by atoms with E-state index in [1.54, 1.807) is 6.08 Å². The lowest BCUT2D eigenvalue weighted by atomic mass is 10.3. The molecule has 1 heterocycles. The van der Waals surface area contributed by atoms with Crippen molar-refractivity contribution in [3.63, 3.8) is 0 Å². The summed E-state index contributed by atoms with van der Waals surface area (Å²) in [5, 5.41) is 3.73. The minimum atomic E-state index is 0.535. The van der Waals surface area contributed by atoms with Crippen LogP contribution in [0.15, 0.2) is 17.4 Å². The third kappa shape index (κ3) is 1.50. The number of hydrazone groups is 1. The summed E-state index contributed by atoms with van der Waals surface area (Å²) in [6.07, 6.45) is 8.78. The zero-order valence-corrected chi connectivity index (χ0v) is 4.79. The molecule has 46 valence electrons. The van der Waals surface area contributed by atoms with E-state index in [9.17, 15) is 0 Å². The van der Waals surface area contributed by atoms with Gasteiger partial charge in [0.15, 0.2) is 0 Å². The highest BCUT2D eigenvalue weighted by Crippen LogP contribution is 1.91. The van der Waals surface area contributed by atoms with Gasteiger partial charge in [0.25, 0.3) is 0 Å². The molecule has 0 fully saturated rings. The van der Waals surface area contributed by atoms with Crippen molar-refractivity contribution >= 4 is 5.71 Å². The molecule has 1 aliphatic heterocycles. The van der Waals surface area contributed by atoms with E-state index >= 15 is 0 Å². The molecule has 0 unspecified atom stereocenters.